The fourth-order valence-electron chi connectivity index (χ4n) is 11.5. The third kappa shape index (κ3) is 21.1. The number of hydrogen-bond donors (Lipinski definition) is 4. The number of likely N-dealkylation sites (N-methyl/N-ethyl adjacent to an activating group) is 1. The molecule has 0 radical (unpaired) electrons. The number of Topliss-reactive ketones (excluding diaryl/α,β-unsaturated/α-hetero) is 2. The van der Waals surface area contributed by atoms with Gasteiger partial charge in [0.1, 0.15) is 5.78 Å². The molecule has 0 bridgehead atoms. The van der Waals surface area contributed by atoms with Crippen LogP contribution in [0.1, 0.15) is 85.6 Å². The molecule has 0 unspecified atom stereocenters. The number of nitrogens with zero attached hydrogens (tertiary/aromatic N) is 6. The van der Waals surface area contributed by atoms with E-state index in [0.717, 1.165) is 83.9 Å². The van der Waals surface area contributed by atoms with Crippen LogP contribution in [0.25, 0.3) is 21.6 Å². The molecular weight excluding hydrogens is 1200 g/mol. The summed E-state index contributed by atoms with van der Waals surface area (Å²) in [5.41, 5.74) is 5.18. The number of rotatable bonds is 32. The van der Waals surface area contributed by atoms with Gasteiger partial charge in [-0.25, -0.2) is 4.98 Å². The highest BCUT2D eigenvalue weighted by Crippen LogP contribution is 2.37. The van der Waals surface area contributed by atoms with Gasteiger partial charge in [0.25, 0.3) is 5.91 Å². The van der Waals surface area contributed by atoms with Gasteiger partial charge < -0.3 is 54.4 Å². The number of aromatic nitrogens is 2. The number of benzene rings is 3. The Kier molecular flexibility index (Phi) is 26.0. The first kappa shape index (κ1) is 70.1. The number of aromatic amines is 1. The summed E-state index contributed by atoms with van der Waals surface area (Å²) in [7, 11) is 2.02. The standard InChI is InChI=1S/C67H88F3N9O11S/c1-46-63(91-45-73-46)49-12-9-47(10-13-49)11-16-60(82)59-40-53(81)44-79(59)65(86)56(66(2,3)4)39-52(80)17-29-87-31-33-89-35-36-90-34-32-88-30-18-61(83)71-19-20-76-23-25-77(26-24-76)43-48-7-6-8-50(37-48)51-14-15-58(78-27-21-75(5)22-28-78)57(38-51)74-64(85)54-42-72-62(84)41-55(54)67(68,69)70/h6-10,12-15,37-38,41-42,45,53,56,59,81H,11,16-36,39-40,43-44H2,1-5H3,(H,71,83)(H,72,84)(H,74,85)/t53-,56-,59+/m1/s1. The van der Waals surface area contributed by atoms with Gasteiger partial charge in [0.05, 0.1) is 104 Å². The lowest BCUT2D eigenvalue weighted by Gasteiger charge is -2.35. The third-order valence-electron chi connectivity index (χ3n) is 16.9. The number of aliphatic hydroxyl groups is 1. The van der Waals surface area contributed by atoms with Crippen molar-refractivity contribution in [1.29, 1.82) is 0 Å². The van der Waals surface area contributed by atoms with E-state index in [0.29, 0.717) is 89.6 Å². The highest BCUT2D eigenvalue weighted by molar-refractivity contribution is 7.13. The second-order valence-electron chi connectivity index (χ2n) is 24.7. The second-order valence-corrected chi connectivity index (χ2v) is 25.6. The van der Waals surface area contributed by atoms with Gasteiger partial charge in [-0.2, -0.15) is 13.2 Å². The number of thiazole rings is 1. The van der Waals surface area contributed by atoms with Gasteiger partial charge in [0.15, 0.2) is 5.78 Å². The number of alkyl halides is 3. The summed E-state index contributed by atoms with van der Waals surface area (Å²) < 4.78 is 64.3. The maximum absolute atomic E-state index is 14.1. The Bertz CT molecular complexity index is 3270. The molecule has 3 saturated heterocycles. The van der Waals surface area contributed by atoms with Crippen molar-refractivity contribution in [1.82, 2.24) is 34.9 Å². The predicted octanol–water partition coefficient (Wildman–Crippen LogP) is 7.36. The summed E-state index contributed by atoms with van der Waals surface area (Å²) in [4.78, 5) is 96.9. The van der Waals surface area contributed by atoms with E-state index >= 15 is 0 Å². The smallest absolute Gasteiger partial charge is 0.391 e. The number of ketones is 2. The zero-order valence-electron chi connectivity index (χ0n) is 53.0. The molecule has 3 aliphatic heterocycles. The number of ether oxygens (including phenoxy) is 4. The van der Waals surface area contributed by atoms with Crippen LogP contribution in [0.3, 0.4) is 0 Å². The lowest BCUT2D eigenvalue weighted by molar-refractivity contribution is -0.146. The molecule has 2 aromatic heterocycles. The summed E-state index contributed by atoms with van der Waals surface area (Å²) in [5.74, 6) is -2.26. The molecule has 5 aromatic rings. The Morgan fingerprint density at radius 2 is 1.40 bits per heavy atom. The fraction of sp³-hybridized carbons (Fsp3) is 0.537. The topological polar surface area (TPSA) is 229 Å². The van der Waals surface area contributed by atoms with E-state index in [1.165, 1.54) is 4.90 Å². The van der Waals surface area contributed by atoms with Gasteiger partial charge in [-0.15, -0.1) is 11.3 Å². The minimum Gasteiger partial charge on any atom is -0.391 e. The van der Waals surface area contributed by atoms with E-state index < -0.39 is 52.2 Å². The fourth-order valence-corrected chi connectivity index (χ4v) is 12.4. The molecule has 0 aliphatic carbocycles. The number of aryl methyl sites for hydroxylation is 2. The SMILES string of the molecule is Cc1ncsc1-c1ccc(CCC(=O)[C@@H]2C[C@@H](O)CN2C(=O)[C@@H](CC(=O)CCOCCOCCOCCOCCC(=O)NCCN2CCN(Cc3cccc(-c4ccc(N5CCN(C)CC5)c(NC(=O)c5c[nH]c(=O)cc5C(F)(F)F)c4)c3)CC2)C(C)(C)C)cc1. The molecule has 0 saturated carbocycles. The van der Waals surface area contributed by atoms with E-state index in [1.807, 2.05) is 88.8 Å². The molecule has 20 nitrogen and oxygen atoms in total. The Morgan fingerprint density at radius 3 is 2.04 bits per heavy atom. The van der Waals surface area contributed by atoms with E-state index in [4.69, 9.17) is 18.9 Å². The first-order chi connectivity index (χ1) is 43.6. The number of H-pyrrole nitrogens is 1. The molecule has 5 heterocycles. The number of piperazine rings is 2. The van der Waals surface area contributed by atoms with Gasteiger partial charge in [0, 0.05) is 129 Å². The van der Waals surface area contributed by atoms with Gasteiger partial charge in [-0.1, -0.05) is 69.3 Å². The van der Waals surface area contributed by atoms with Crippen molar-refractivity contribution >= 4 is 52.0 Å². The summed E-state index contributed by atoms with van der Waals surface area (Å²) in [6.45, 7) is 18.3. The number of halogens is 3. The number of likely N-dealkylation sites (tertiary alicyclic amines) is 1. The minimum atomic E-state index is -4.91. The average Bonchev–Trinajstić information content (AvgIpc) is 1.97. The molecule has 3 aromatic carbocycles. The van der Waals surface area contributed by atoms with Crippen molar-refractivity contribution in [2.75, 3.05) is 142 Å². The lowest BCUT2D eigenvalue weighted by Crippen LogP contribution is -2.48. The first-order valence-electron chi connectivity index (χ1n) is 31.4. The summed E-state index contributed by atoms with van der Waals surface area (Å²) in [6.07, 6.45) is -3.64. The molecule has 0 spiro atoms. The van der Waals surface area contributed by atoms with Crippen molar-refractivity contribution in [3.05, 3.63) is 123 Å². The van der Waals surface area contributed by atoms with Crippen molar-refractivity contribution in [3.63, 3.8) is 0 Å². The number of hydrogen-bond acceptors (Lipinski definition) is 17. The van der Waals surface area contributed by atoms with Crippen LogP contribution in [-0.4, -0.2) is 208 Å². The van der Waals surface area contributed by atoms with Crippen molar-refractivity contribution < 1.29 is 61.2 Å². The summed E-state index contributed by atoms with van der Waals surface area (Å²) in [5, 5.41) is 16.4. The van der Waals surface area contributed by atoms with Gasteiger partial charge in [0.2, 0.25) is 17.4 Å². The molecule has 3 aliphatic rings. The Morgan fingerprint density at radius 1 is 0.758 bits per heavy atom. The van der Waals surface area contributed by atoms with Crippen LogP contribution in [0.5, 0.6) is 0 Å². The summed E-state index contributed by atoms with van der Waals surface area (Å²) in [6, 6.07) is 21.4. The van der Waals surface area contributed by atoms with Gasteiger partial charge in [-0.3, -0.25) is 38.6 Å². The minimum absolute atomic E-state index is 0.00308. The van der Waals surface area contributed by atoms with E-state index in [-0.39, 0.29) is 81.9 Å². The number of aliphatic hydroxyl groups excluding tert-OH is 1. The van der Waals surface area contributed by atoms with Crippen molar-refractivity contribution in [2.24, 2.45) is 11.3 Å². The van der Waals surface area contributed by atoms with Crippen LogP contribution in [0.4, 0.5) is 24.5 Å². The molecular formula is C67H88F3N9O11S. The van der Waals surface area contributed by atoms with Crippen LogP contribution in [0.2, 0.25) is 0 Å². The number of anilines is 2. The number of carbonyl (C=O) groups is 5. The number of β-amino-alcohol motifs (C(OH)–C–C–N with tert-alkyl or cyclic N) is 1. The highest BCUT2D eigenvalue weighted by Gasteiger charge is 2.44. The van der Waals surface area contributed by atoms with E-state index in [2.05, 4.69) is 52.3 Å². The lowest BCUT2D eigenvalue weighted by atomic mass is 9.76. The number of amides is 3. The van der Waals surface area contributed by atoms with E-state index in [1.54, 1.807) is 17.4 Å². The number of nitrogens with one attached hydrogen (secondary N) is 3. The van der Waals surface area contributed by atoms with Gasteiger partial charge in [-0.05, 0) is 71.8 Å². The van der Waals surface area contributed by atoms with Crippen LogP contribution in [-0.2, 0) is 57.3 Å². The molecule has 8 rings (SSSR count). The van der Waals surface area contributed by atoms with E-state index in [9.17, 15) is 47.0 Å². The number of carbonyl (C=O) groups excluding carboxylic acids is 5. The molecule has 3 atom stereocenters. The van der Waals surface area contributed by atoms with Crippen molar-refractivity contribution in [2.45, 2.75) is 91.1 Å². The average molecular weight is 1280 g/mol. The molecule has 494 valence electrons. The first-order valence-corrected chi connectivity index (χ1v) is 32.3. The van der Waals surface area contributed by atoms with Crippen LogP contribution in [0, 0.1) is 18.3 Å². The highest BCUT2D eigenvalue weighted by atomic mass is 32.1. The maximum Gasteiger partial charge on any atom is 0.417 e. The normalized spacial score (nSPS) is 17.3. The Balaban J connectivity index is 0.643. The maximum atomic E-state index is 14.1. The molecule has 3 fully saturated rings. The Hall–Kier alpha value is -6.74. The summed E-state index contributed by atoms with van der Waals surface area (Å²) >= 11 is 1.58. The number of pyridine rings is 1. The molecule has 24 heteroatoms. The zero-order chi connectivity index (χ0) is 65.1. The van der Waals surface area contributed by atoms with Crippen LogP contribution < -0.4 is 21.1 Å². The molecule has 4 N–H and O–H groups in total. The molecule has 3 amide bonds. The third-order valence-corrected chi connectivity index (χ3v) is 17.9. The second kappa shape index (κ2) is 33.7. The van der Waals surface area contributed by atoms with Crippen LogP contribution in [0.15, 0.2) is 89.3 Å². The zero-order valence-corrected chi connectivity index (χ0v) is 53.8. The quantitative estimate of drug-likeness (QED) is 0.0308. The van der Waals surface area contributed by atoms with Crippen LogP contribution >= 0.6 is 11.3 Å². The molecule has 91 heavy (non-hydrogen) atoms. The predicted molar refractivity (Wildman–Crippen MR) is 343 cm³/mol. The largest absolute Gasteiger partial charge is 0.417 e. The van der Waals surface area contributed by atoms with Crippen molar-refractivity contribution in [3.8, 4) is 21.6 Å². The monoisotopic (exact) mass is 1280 g/mol. The Labute approximate surface area is 534 Å². The van der Waals surface area contributed by atoms with Gasteiger partial charge >= 0.3 is 6.18 Å².